The molecule has 0 aliphatic carbocycles. The van der Waals surface area contributed by atoms with Gasteiger partial charge in [-0.3, -0.25) is 9.10 Å². The van der Waals surface area contributed by atoms with Crippen molar-refractivity contribution < 1.29 is 17.9 Å². The number of nitrogens with zero attached hydrogens (tertiary/aromatic N) is 1. The maximum absolute atomic E-state index is 12.5. The van der Waals surface area contributed by atoms with Crippen LogP contribution >= 0.6 is 12.4 Å². The molecule has 1 amide bonds. The predicted octanol–water partition coefficient (Wildman–Crippen LogP) is 2.80. The molecule has 0 atom stereocenters. The summed E-state index contributed by atoms with van der Waals surface area (Å²) in [5.74, 6) is 0.408. The van der Waals surface area contributed by atoms with Gasteiger partial charge >= 0.3 is 0 Å². The number of sulfonamides is 1. The molecule has 3 N–H and O–H groups in total. The highest BCUT2D eigenvalue weighted by atomic mass is 35.5. The van der Waals surface area contributed by atoms with Crippen molar-refractivity contribution in [2.24, 2.45) is 0 Å². The Morgan fingerprint density at radius 2 is 1.96 bits per heavy atom. The lowest BCUT2D eigenvalue weighted by Crippen LogP contribution is -2.25. The lowest BCUT2D eigenvalue weighted by Gasteiger charge is -2.18. The lowest BCUT2D eigenvalue weighted by atomic mass is 10.1. The first-order chi connectivity index (χ1) is 12.3. The minimum Gasteiger partial charge on any atom is -0.495 e. The van der Waals surface area contributed by atoms with E-state index in [-0.39, 0.29) is 24.1 Å². The summed E-state index contributed by atoms with van der Waals surface area (Å²) >= 11 is 0. The zero-order valence-corrected chi connectivity index (χ0v) is 16.7. The van der Waals surface area contributed by atoms with Crippen LogP contribution in [-0.4, -0.2) is 33.7 Å². The van der Waals surface area contributed by atoms with Gasteiger partial charge in [-0.2, -0.15) is 0 Å². The molecule has 1 fully saturated rings. The van der Waals surface area contributed by atoms with E-state index in [1.54, 1.807) is 43.3 Å². The molecular weight excluding hydrogens is 390 g/mol. The maximum Gasteiger partial charge on any atom is 0.255 e. The Hall–Kier alpha value is -2.45. The van der Waals surface area contributed by atoms with Crippen LogP contribution in [0.2, 0.25) is 0 Å². The minimum absolute atomic E-state index is 0. The van der Waals surface area contributed by atoms with E-state index >= 15 is 0 Å². The van der Waals surface area contributed by atoms with Gasteiger partial charge in [0.25, 0.3) is 5.91 Å². The molecule has 0 bridgehead atoms. The molecule has 1 aliphatic rings. The molecule has 2 aromatic rings. The van der Waals surface area contributed by atoms with Crippen molar-refractivity contribution in [1.82, 2.24) is 0 Å². The highest BCUT2D eigenvalue weighted by Crippen LogP contribution is 2.28. The fourth-order valence-corrected chi connectivity index (χ4v) is 4.55. The van der Waals surface area contributed by atoms with Crippen LogP contribution in [0.3, 0.4) is 0 Å². The molecule has 9 heteroatoms. The lowest BCUT2D eigenvalue weighted by molar-refractivity contribution is 0.102. The van der Waals surface area contributed by atoms with Crippen LogP contribution in [0.5, 0.6) is 5.75 Å². The van der Waals surface area contributed by atoms with Gasteiger partial charge in [-0.15, -0.1) is 12.4 Å². The number of aryl methyl sites for hydroxylation is 1. The summed E-state index contributed by atoms with van der Waals surface area (Å²) in [4.78, 5) is 12.5. The molecule has 2 aromatic carbocycles. The van der Waals surface area contributed by atoms with Crippen LogP contribution in [0, 0.1) is 6.92 Å². The maximum atomic E-state index is 12.5. The Bertz CT molecular complexity index is 963. The molecule has 0 radical (unpaired) electrons. The van der Waals surface area contributed by atoms with Crippen LogP contribution in [0.4, 0.5) is 17.1 Å². The number of nitrogens with two attached hydrogens (primary N) is 1. The van der Waals surface area contributed by atoms with Crippen molar-refractivity contribution in [3.63, 3.8) is 0 Å². The molecule has 3 rings (SSSR count). The molecule has 27 heavy (non-hydrogen) atoms. The number of methoxy groups -OCH3 is 1. The monoisotopic (exact) mass is 411 g/mol. The average Bonchev–Trinajstić information content (AvgIpc) is 2.94. The number of hydrogen-bond donors (Lipinski definition) is 2. The second kappa shape index (κ2) is 8.06. The molecule has 1 saturated heterocycles. The van der Waals surface area contributed by atoms with Crippen molar-refractivity contribution in [1.29, 1.82) is 0 Å². The average molecular weight is 412 g/mol. The summed E-state index contributed by atoms with van der Waals surface area (Å²) in [5.41, 5.74) is 8.59. The number of hydrogen-bond acceptors (Lipinski definition) is 5. The van der Waals surface area contributed by atoms with Crippen LogP contribution in [0.1, 0.15) is 22.3 Å². The summed E-state index contributed by atoms with van der Waals surface area (Å²) in [6.07, 6.45) is 0.614. The van der Waals surface area contributed by atoms with Crippen molar-refractivity contribution in [2.75, 3.05) is 34.8 Å². The number of ether oxygens (including phenoxy) is 1. The van der Waals surface area contributed by atoms with Gasteiger partial charge in [0.2, 0.25) is 10.0 Å². The van der Waals surface area contributed by atoms with E-state index in [0.717, 1.165) is 0 Å². The first-order valence-electron chi connectivity index (χ1n) is 8.18. The summed E-state index contributed by atoms with van der Waals surface area (Å²) < 4.78 is 30.6. The highest BCUT2D eigenvalue weighted by molar-refractivity contribution is 7.93. The quantitative estimate of drug-likeness (QED) is 0.753. The van der Waals surface area contributed by atoms with Crippen LogP contribution in [0.15, 0.2) is 36.4 Å². The largest absolute Gasteiger partial charge is 0.495 e. The number of halogens is 1. The molecule has 0 aromatic heterocycles. The zero-order valence-electron chi connectivity index (χ0n) is 15.1. The summed E-state index contributed by atoms with van der Waals surface area (Å²) in [5, 5.41) is 2.79. The van der Waals surface area contributed by atoms with Gasteiger partial charge in [0.1, 0.15) is 5.75 Å². The summed E-state index contributed by atoms with van der Waals surface area (Å²) in [6, 6.07) is 10.0. The molecule has 7 nitrogen and oxygen atoms in total. The normalized spacial score (nSPS) is 15.1. The number of carbonyl (C=O) groups excluding carboxylic acids is 1. The van der Waals surface area contributed by atoms with E-state index in [0.29, 0.717) is 46.9 Å². The molecule has 0 spiro atoms. The highest BCUT2D eigenvalue weighted by Gasteiger charge is 2.28. The van der Waals surface area contributed by atoms with E-state index in [4.69, 9.17) is 10.5 Å². The van der Waals surface area contributed by atoms with E-state index in [9.17, 15) is 13.2 Å². The number of nitrogen functional groups attached to an aromatic ring is 1. The van der Waals surface area contributed by atoms with Crippen LogP contribution in [0.25, 0.3) is 0 Å². The Labute approximate surface area is 165 Å². The van der Waals surface area contributed by atoms with Gasteiger partial charge in [0, 0.05) is 17.8 Å². The Balaban J connectivity index is 0.00000261. The molecule has 1 aliphatic heterocycles. The van der Waals surface area contributed by atoms with Gasteiger partial charge in [-0.05, 0) is 55.3 Å². The second-order valence-corrected chi connectivity index (χ2v) is 8.16. The first kappa shape index (κ1) is 20.9. The SMILES string of the molecule is COc1ccc(NC(=O)c2ccc(N3CCCS3(=O)=O)cc2C)cc1N.Cl. The van der Waals surface area contributed by atoms with Crippen molar-refractivity contribution in [3.8, 4) is 5.75 Å². The zero-order chi connectivity index (χ0) is 18.9. The van der Waals surface area contributed by atoms with Crippen molar-refractivity contribution >= 4 is 45.4 Å². The number of anilines is 3. The number of rotatable bonds is 4. The fraction of sp³-hybridized carbons (Fsp3) is 0.278. The second-order valence-electron chi connectivity index (χ2n) is 6.15. The third-order valence-electron chi connectivity index (χ3n) is 4.33. The number of nitrogens with one attached hydrogen (secondary N) is 1. The van der Waals surface area contributed by atoms with Gasteiger partial charge in [-0.1, -0.05) is 0 Å². The third-order valence-corrected chi connectivity index (χ3v) is 6.20. The van der Waals surface area contributed by atoms with Gasteiger partial charge < -0.3 is 15.8 Å². The fourth-order valence-electron chi connectivity index (χ4n) is 3.00. The van der Waals surface area contributed by atoms with Gasteiger partial charge in [-0.25, -0.2) is 8.42 Å². The van der Waals surface area contributed by atoms with Crippen molar-refractivity contribution in [3.05, 3.63) is 47.5 Å². The molecule has 0 saturated carbocycles. The van der Waals surface area contributed by atoms with E-state index in [2.05, 4.69) is 5.32 Å². The molecule has 1 heterocycles. The Morgan fingerprint density at radius 1 is 1.22 bits per heavy atom. The standard InChI is InChI=1S/C18H21N3O4S.ClH/c1-12-10-14(21-8-3-9-26(21,23)24)5-6-15(12)18(22)20-13-4-7-17(25-2)16(19)11-13;/h4-7,10-11H,3,8-9,19H2,1-2H3,(H,20,22);1H. The minimum atomic E-state index is -3.24. The van der Waals surface area contributed by atoms with Gasteiger partial charge in [0.15, 0.2) is 0 Å². The van der Waals surface area contributed by atoms with E-state index in [1.807, 2.05) is 0 Å². The number of benzene rings is 2. The van der Waals surface area contributed by atoms with E-state index < -0.39 is 10.0 Å². The van der Waals surface area contributed by atoms with Crippen LogP contribution in [-0.2, 0) is 10.0 Å². The topological polar surface area (TPSA) is 102 Å². The van der Waals surface area contributed by atoms with Crippen molar-refractivity contribution in [2.45, 2.75) is 13.3 Å². The Kier molecular flexibility index (Phi) is 6.22. The Morgan fingerprint density at radius 3 is 2.52 bits per heavy atom. The summed E-state index contributed by atoms with van der Waals surface area (Å²) in [6.45, 7) is 2.25. The number of amides is 1. The van der Waals surface area contributed by atoms with E-state index in [1.165, 1.54) is 11.4 Å². The molecule has 146 valence electrons. The smallest absolute Gasteiger partial charge is 0.255 e. The third kappa shape index (κ3) is 4.28. The molecular formula is C18H22ClN3O4S. The van der Waals surface area contributed by atoms with Gasteiger partial charge in [0.05, 0.1) is 24.2 Å². The predicted molar refractivity (Wildman–Crippen MR) is 110 cm³/mol. The summed E-state index contributed by atoms with van der Waals surface area (Å²) in [7, 11) is -1.72. The first-order valence-corrected chi connectivity index (χ1v) is 9.78. The molecule has 0 unspecified atom stereocenters. The van der Waals surface area contributed by atoms with Crippen LogP contribution < -0.4 is 20.1 Å². The number of carbonyl (C=O) groups is 1.